The number of aliphatic carboxylic acids is 1. The number of unbranched alkanes of at least 4 members (excludes halogenated alkanes) is 1. The molecule has 0 unspecified atom stereocenters. The van der Waals surface area contributed by atoms with Gasteiger partial charge in [-0.3, -0.25) is 4.79 Å². The summed E-state index contributed by atoms with van der Waals surface area (Å²) in [5.41, 5.74) is -0.897. The molecule has 116 valence electrons. The Balaban J connectivity index is 2.25. The van der Waals surface area contributed by atoms with Gasteiger partial charge in [-0.05, 0) is 25.7 Å². The number of carboxylic acids is 1. The first-order valence-corrected chi connectivity index (χ1v) is 6.92. The van der Waals surface area contributed by atoms with Gasteiger partial charge in [0.15, 0.2) is 0 Å². The second-order valence-electron chi connectivity index (χ2n) is 5.01. The lowest BCUT2D eigenvalue weighted by molar-refractivity contribution is -0.154. The minimum atomic E-state index is -0.897. The third-order valence-electron chi connectivity index (χ3n) is 3.55. The zero-order valence-electron chi connectivity index (χ0n) is 11.9. The van der Waals surface area contributed by atoms with E-state index in [2.05, 4.69) is 10.6 Å². The normalized spacial score (nSPS) is 17.4. The highest BCUT2D eigenvalue weighted by molar-refractivity contribution is 5.78. The van der Waals surface area contributed by atoms with Crippen molar-refractivity contribution < 1.29 is 24.2 Å². The van der Waals surface area contributed by atoms with Crippen molar-refractivity contribution in [1.29, 1.82) is 0 Å². The molecule has 0 radical (unpaired) electrons. The van der Waals surface area contributed by atoms with Gasteiger partial charge in [-0.15, -0.1) is 0 Å². The predicted octanol–water partition coefficient (Wildman–Crippen LogP) is 0.594. The number of urea groups is 1. The van der Waals surface area contributed by atoms with Gasteiger partial charge < -0.3 is 25.2 Å². The van der Waals surface area contributed by atoms with Crippen molar-refractivity contribution in [2.45, 2.75) is 25.7 Å². The summed E-state index contributed by atoms with van der Waals surface area (Å²) in [6, 6.07) is -0.325. The molecular weight excluding hydrogens is 264 g/mol. The number of methoxy groups -OCH3 is 1. The monoisotopic (exact) mass is 288 g/mol. The lowest BCUT2D eigenvalue weighted by Crippen LogP contribution is -2.48. The second-order valence-corrected chi connectivity index (χ2v) is 5.01. The average Bonchev–Trinajstić information content (AvgIpc) is 2.46. The van der Waals surface area contributed by atoms with E-state index in [1.54, 1.807) is 7.11 Å². The molecule has 1 aliphatic heterocycles. The molecule has 1 fully saturated rings. The van der Waals surface area contributed by atoms with Gasteiger partial charge in [0.25, 0.3) is 0 Å². The van der Waals surface area contributed by atoms with Crippen molar-refractivity contribution in [1.82, 2.24) is 10.6 Å². The molecule has 0 saturated carbocycles. The maximum absolute atomic E-state index is 11.6. The summed E-state index contributed by atoms with van der Waals surface area (Å²) in [6.07, 6.45) is 2.57. The van der Waals surface area contributed by atoms with E-state index >= 15 is 0 Å². The average molecular weight is 288 g/mol. The van der Waals surface area contributed by atoms with E-state index in [-0.39, 0.29) is 12.6 Å². The summed E-state index contributed by atoms with van der Waals surface area (Å²) >= 11 is 0. The third-order valence-corrected chi connectivity index (χ3v) is 3.55. The van der Waals surface area contributed by atoms with Crippen LogP contribution in [0.4, 0.5) is 4.79 Å². The molecule has 1 saturated heterocycles. The van der Waals surface area contributed by atoms with Crippen LogP contribution in [0.2, 0.25) is 0 Å². The number of ether oxygens (including phenoxy) is 2. The van der Waals surface area contributed by atoms with Gasteiger partial charge >= 0.3 is 12.0 Å². The van der Waals surface area contributed by atoms with Gasteiger partial charge in [-0.1, -0.05) is 0 Å². The van der Waals surface area contributed by atoms with Crippen LogP contribution in [0, 0.1) is 5.41 Å². The van der Waals surface area contributed by atoms with Crippen LogP contribution in [0.15, 0.2) is 0 Å². The standard InChI is InChI=1S/C13H24N2O5/c1-19-7-3-2-6-14-12(18)15-10-13(11(16)17)4-8-20-9-5-13/h2-10H2,1H3,(H,16,17)(H2,14,15,18). The molecule has 0 aromatic rings. The molecule has 0 aliphatic carbocycles. The third kappa shape index (κ3) is 5.34. The summed E-state index contributed by atoms with van der Waals surface area (Å²) in [5, 5.41) is 14.7. The zero-order chi connectivity index (χ0) is 14.8. The molecule has 3 N–H and O–H groups in total. The second kappa shape index (κ2) is 8.76. The molecule has 0 aromatic heterocycles. The predicted molar refractivity (Wildman–Crippen MR) is 72.6 cm³/mol. The smallest absolute Gasteiger partial charge is 0.314 e. The molecule has 1 aliphatic rings. The van der Waals surface area contributed by atoms with Crippen molar-refractivity contribution in [2.24, 2.45) is 5.41 Å². The molecular formula is C13H24N2O5. The number of rotatable bonds is 8. The van der Waals surface area contributed by atoms with Crippen LogP contribution < -0.4 is 10.6 Å². The van der Waals surface area contributed by atoms with Crippen LogP contribution in [0.3, 0.4) is 0 Å². The summed E-state index contributed by atoms with van der Waals surface area (Å²) in [6.45, 7) is 2.21. The fourth-order valence-electron chi connectivity index (χ4n) is 2.11. The maximum Gasteiger partial charge on any atom is 0.314 e. The van der Waals surface area contributed by atoms with E-state index in [0.29, 0.717) is 39.2 Å². The van der Waals surface area contributed by atoms with E-state index in [9.17, 15) is 14.7 Å². The molecule has 20 heavy (non-hydrogen) atoms. The fraction of sp³-hybridized carbons (Fsp3) is 0.846. The van der Waals surface area contributed by atoms with Gasteiger partial charge in [-0.25, -0.2) is 4.79 Å². The molecule has 7 heteroatoms. The van der Waals surface area contributed by atoms with Gasteiger partial charge in [0.2, 0.25) is 0 Å². The lowest BCUT2D eigenvalue weighted by Gasteiger charge is -2.33. The number of hydrogen-bond acceptors (Lipinski definition) is 4. The quantitative estimate of drug-likeness (QED) is 0.568. The first kappa shape index (κ1) is 16.7. The fourth-order valence-corrected chi connectivity index (χ4v) is 2.11. The van der Waals surface area contributed by atoms with E-state index in [1.165, 1.54) is 0 Å². The SMILES string of the molecule is COCCCCNC(=O)NCC1(C(=O)O)CCOCC1. The van der Waals surface area contributed by atoms with Gasteiger partial charge in [0.1, 0.15) is 0 Å². The van der Waals surface area contributed by atoms with Crippen molar-refractivity contribution >= 4 is 12.0 Å². The van der Waals surface area contributed by atoms with Crippen molar-refractivity contribution in [2.75, 3.05) is 40.0 Å². The lowest BCUT2D eigenvalue weighted by atomic mass is 9.80. The summed E-state index contributed by atoms with van der Waals surface area (Å²) in [4.78, 5) is 23.0. The van der Waals surface area contributed by atoms with E-state index in [4.69, 9.17) is 9.47 Å². The Morgan fingerprint density at radius 3 is 2.55 bits per heavy atom. The number of amides is 2. The molecule has 1 heterocycles. The Bertz CT molecular complexity index is 316. The van der Waals surface area contributed by atoms with Crippen molar-refractivity contribution in [3.05, 3.63) is 0 Å². The number of nitrogens with one attached hydrogen (secondary N) is 2. The van der Waals surface area contributed by atoms with E-state index in [1.807, 2.05) is 0 Å². The van der Waals surface area contributed by atoms with Gasteiger partial charge in [0, 0.05) is 40.0 Å². The highest BCUT2D eigenvalue weighted by Crippen LogP contribution is 2.29. The first-order chi connectivity index (χ1) is 9.60. The highest BCUT2D eigenvalue weighted by Gasteiger charge is 2.40. The highest BCUT2D eigenvalue weighted by atomic mass is 16.5. The van der Waals surface area contributed by atoms with Crippen LogP contribution >= 0.6 is 0 Å². The van der Waals surface area contributed by atoms with Gasteiger partial charge in [0.05, 0.1) is 5.41 Å². The molecule has 2 amide bonds. The molecule has 0 spiro atoms. The molecule has 0 aromatic carbocycles. The van der Waals surface area contributed by atoms with Crippen LogP contribution in [0.25, 0.3) is 0 Å². The number of carbonyl (C=O) groups is 2. The molecule has 0 bridgehead atoms. The topological polar surface area (TPSA) is 96.9 Å². The Labute approximate surface area is 119 Å². The number of carboxylic acid groups (broad SMARTS) is 1. The number of carbonyl (C=O) groups excluding carboxylic acids is 1. The van der Waals surface area contributed by atoms with Crippen LogP contribution in [-0.2, 0) is 14.3 Å². The molecule has 1 rings (SSSR count). The molecule has 7 nitrogen and oxygen atoms in total. The summed E-state index contributed by atoms with van der Waals surface area (Å²) in [5.74, 6) is -0.874. The largest absolute Gasteiger partial charge is 0.481 e. The number of hydrogen-bond donors (Lipinski definition) is 3. The summed E-state index contributed by atoms with van der Waals surface area (Å²) < 4.78 is 10.1. The first-order valence-electron chi connectivity index (χ1n) is 6.92. The zero-order valence-corrected chi connectivity index (χ0v) is 11.9. The van der Waals surface area contributed by atoms with Crippen LogP contribution in [0.5, 0.6) is 0 Å². The Kier molecular flexibility index (Phi) is 7.32. The summed E-state index contributed by atoms with van der Waals surface area (Å²) in [7, 11) is 1.64. The van der Waals surface area contributed by atoms with Gasteiger partial charge in [-0.2, -0.15) is 0 Å². The Morgan fingerprint density at radius 2 is 1.95 bits per heavy atom. The van der Waals surface area contributed by atoms with Crippen LogP contribution in [-0.4, -0.2) is 57.1 Å². The Hall–Kier alpha value is -1.34. The van der Waals surface area contributed by atoms with Crippen molar-refractivity contribution in [3.8, 4) is 0 Å². The van der Waals surface area contributed by atoms with Crippen molar-refractivity contribution in [3.63, 3.8) is 0 Å². The Morgan fingerprint density at radius 1 is 1.25 bits per heavy atom. The minimum absolute atomic E-state index is 0.135. The minimum Gasteiger partial charge on any atom is -0.481 e. The van der Waals surface area contributed by atoms with Crippen LogP contribution in [0.1, 0.15) is 25.7 Å². The van der Waals surface area contributed by atoms with E-state index in [0.717, 1.165) is 12.8 Å². The molecule has 0 atom stereocenters. The van der Waals surface area contributed by atoms with E-state index < -0.39 is 11.4 Å². The maximum atomic E-state index is 11.6.